The molecule has 1 aromatic heterocycles. The molecule has 1 aliphatic carbocycles. The highest BCUT2D eigenvalue weighted by Gasteiger charge is 2.31. The molecule has 2 heterocycles. The van der Waals surface area contributed by atoms with Gasteiger partial charge in [-0.3, -0.25) is 9.59 Å². The number of carbonyl (C=O) groups excluding carboxylic acids is 2. The van der Waals surface area contributed by atoms with E-state index in [1.807, 2.05) is 0 Å². The maximum atomic E-state index is 13.2. The Bertz CT molecular complexity index is 1350. The fourth-order valence-corrected chi connectivity index (χ4v) is 6.64. The van der Waals surface area contributed by atoms with Gasteiger partial charge in [0.25, 0.3) is 0 Å². The van der Waals surface area contributed by atoms with Crippen molar-refractivity contribution in [2.45, 2.75) is 50.5 Å². The van der Waals surface area contributed by atoms with Gasteiger partial charge in [0.2, 0.25) is 5.91 Å². The normalized spacial score (nSPS) is 20.7. The van der Waals surface area contributed by atoms with Crippen LogP contribution in [0.15, 0.2) is 54.7 Å². The molecule has 6 nitrogen and oxygen atoms in total. The first kappa shape index (κ1) is 28.7. The van der Waals surface area contributed by atoms with E-state index in [2.05, 4.69) is 40.3 Å². The Hall–Kier alpha value is -2.80. The molecule has 8 heteroatoms. The van der Waals surface area contributed by atoms with Gasteiger partial charge in [0.15, 0.2) is 0 Å². The molecule has 1 saturated heterocycles. The van der Waals surface area contributed by atoms with Crippen LogP contribution in [0.2, 0.25) is 10.0 Å². The van der Waals surface area contributed by atoms with Crippen molar-refractivity contribution in [3.63, 3.8) is 0 Å². The summed E-state index contributed by atoms with van der Waals surface area (Å²) in [5, 5.41) is 2.26. The number of hydrogen-bond donors (Lipinski definition) is 1. The van der Waals surface area contributed by atoms with Gasteiger partial charge in [0, 0.05) is 35.8 Å². The largest absolute Gasteiger partial charge is 0.468 e. The van der Waals surface area contributed by atoms with Crippen LogP contribution in [-0.2, 0) is 14.3 Å². The lowest BCUT2D eigenvalue weighted by molar-refractivity contribution is -0.147. The van der Waals surface area contributed by atoms with Crippen LogP contribution >= 0.6 is 23.2 Å². The van der Waals surface area contributed by atoms with E-state index in [-0.39, 0.29) is 18.5 Å². The fraction of sp³-hybridized carbons (Fsp3) is 0.438. The Morgan fingerprint density at radius 3 is 2.50 bits per heavy atom. The lowest BCUT2D eigenvalue weighted by Gasteiger charge is -2.39. The zero-order valence-corrected chi connectivity index (χ0v) is 24.5. The van der Waals surface area contributed by atoms with Gasteiger partial charge in [-0.15, -0.1) is 0 Å². The number of carbonyl (C=O) groups is 2. The second-order valence-corrected chi connectivity index (χ2v) is 11.9. The van der Waals surface area contributed by atoms with Gasteiger partial charge in [-0.2, -0.15) is 0 Å². The molecular weight excluding hydrogens is 545 g/mol. The molecule has 212 valence electrons. The number of nitrogens with zero attached hydrogens (tertiary/aromatic N) is 2. The van der Waals surface area contributed by atoms with E-state index in [0.717, 1.165) is 50.9 Å². The molecule has 0 radical (unpaired) electrons. The van der Waals surface area contributed by atoms with E-state index in [1.54, 1.807) is 29.2 Å². The van der Waals surface area contributed by atoms with Crippen molar-refractivity contribution >= 4 is 52.1 Å². The van der Waals surface area contributed by atoms with Crippen molar-refractivity contribution in [1.29, 1.82) is 0 Å². The van der Waals surface area contributed by atoms with Crippen molar-refractivity contribution in [2.24, 2.45) is 5.92 Å². The summed E-state index contributed by atoms with van der Waals surface area (Å²) >= 11 is 12.1. The average Bonchev–Trinajstić information content (AvgIpc) is 3.41. The second kappa shape index (κ2) is 13.2. The van der Waals surface area contributed by atoms with E-state index in [9.17, 15) is 9.59 Å². The van der Waals surface area contributed by atoms with Gasteiger partial charge < -0.3 is 19.5 Å². The number of aromatic amines is 1. The summed E-state index contributed by atoms with van der Waals surface area (Å²) in [7, 11) is 1.36. The van der Waals surface area contributed by atoms with Crippen molar-refractivity contribution in [3.05, 3.63) is 75.9 Å². The Labute approximate surface area is 246 Å². The van der Waals surface area contributed by atoms with Crippen LogP contribution in [0, 0.1) is 5.92 Å². The molecule has 3 aromatic rings. The molecule has 5 rings (SSSR count). The monoisotopic (exact) mass is 581 g/mol. The Balaban J connectivity index is 1.13. The summed E-state index contributed by atoms with van der Waals surface area (Å²) in [6.07, 6.45) is 11.7. The Kier molecular flexibility index (Phi) is 9.51. The SMILES string of the molecule is COC(=O)CN(C(=O)/C=C/c1ccc(Cl)c(Cl)c1)C1CCC(CN2CCC(c3c[nH]c4ccccc34)CC2)CC1. The first-order chi connectivity index (χ1) is 19.4. The lowest BCUT2D eigenvalue weighted by Crippen LogP contribution is -2.46. The van der Waals surface area contributed by atoms with E-state index < -0.39 is 5.97 Å². The number of likely N-dealkylation sites (tertiary alicyclic amines) is 1. The van der Waals surface area contributed by atoms with E-state index in [4.69, 9.17) is 27.9 Å². The summed E-state index contributed by atoms with van der Waals surface area (Å²) < 4.78 is 4.90. The summed E-state index contributed by atoms with van der Waals surface area (Å²) in [4.78, 5) is 33.1. The summed E-state index contributed by atoms with van der Waals surface area (Å²) in [6, 6.07) is 13.8. The van der Waals surface area contributed by atoms with Crippen LogP contribution in [0.25, 0.3) is 17.0 Å². The number of amides is 1. The first-order valence-corrected chi connectivity index (χ1v) is 15.0. The molecule has 1 saturated carbocycles. The van der Waals surface area contributed by atoms with Crippen molar-refractivity contribution in [1.82, 2.24) is 14.8 Å². The quantitative estimate of drug-likeness (QED) is 0.231. The molecule has 1 aliphatic heterocycles. The molecule has 1 N–H and O–H groups in total. The van der Waals surface area contributed by atoms with Crippen LogP contribution in [0.5, 0.6) is 0 Å². The average molecular weight is 583 g/mol. The molecular formula is C32H37Cl2N3O3. The molecule has 40 heavy (non-hydrogen) atoms. The van der Waals surface area contributed by atoms with Crippen molar-refractivity contribution < 1.29 is 14.3 Å². The van der Waals surface area contributed by atoms with Crippen LogP contribution in [0.1, 0.15) is 55.6 Å². The Morgan fingerprint density at radius 1 is 1.02 bits per heavy atom. The number of piperidine rings is 1. The number of rotatable bonds is 8. The van der Waals surface area contributed by atoms with Crippen LogP contribution in [0.3, 0.4) is 0 Å². The minimum atomic E-state index is -0.406. The van der Waals surface area contributed by atoms with Gasteiger partial charge >= 0.3 is 5.97 Å². The van der Waals surface area contributed by atoms with Gasteiger partial charge in [-0.1, -0.05) is 47.5 Å². The maximum absolute atomic E-state index is 13.2. The number of hydrogen-bond acceptors (Lipinski definition) is 4. The molecule has 1 amide bonds. The number of aromatic nitrogens is 1. The van der Waals surface area contributed by atoms with E-state index >= 15 is 0 Å². The molecule has 0 spiro atoms. The number of esters is 1. The fourth-order valence-electron chi connectivity index (χ4n) is 6.33. The van der Waals surface area contributed by atoms with Gasteiger partial charge in [-0.25, -0.2) is 0 Å². The van der Waals surface area contributed by atoms with Gasteiger partial charge in [-0.05, 0) is 98.9 Å². The highest BCUT2D eigenvalue weighted by molar-refractivity contribution is 6.42. The van der Waals surface area contributed by atoms with E-state index in [1.165, 1.54) is 42.5 Å². The highest BCUT2D eigenvalue weighted by Crippen LogP contribution is 2.35. The standard InChI is InChI=1S/C32H37Cl2N3O3/c1-40-32(39)21-37(31(38)13-9-22-8-12-28(33)29(34)18-22)25-10-6-23(7-11-25)20-36-16-14-24(15-17-36)27-19-35-30-5-3-2-4-26(27)30/h2-5,8-9,12-13,18-19,23-25,35H,6-7,10-11,14-17,20-21H2,1H3/b13-9+. The number of ether oxygens (including phenoxy) is 1. The third kappa shape index (κ3) is 6.91. The molecule has 2 aliphatic rings. The zero-order valence-electron chi connectivity index (χ0n) is 23.0. The summed E-state index contributed by atoms with van der Waals surface area (Å²) in [5.74, 6) is 0.622. The number of nitrogens with one attached hydrogen (secondary N) is 1. The minimum Gasteiger partial charge on any atom is -0.468 e. The number of fused-ring (bicyclic) bond motifs is 1. The van der Waals surface area contributed by atoms with E-state index in [0.29, 0.717) is 21.9 Å². The van der Waals surface area contributed by atoms with Crippen LogP contribution in [0.4, 0.5) is 0 Å². The van der Waals surface area contributed by atoms with Crippen LogP contribution in [-0.4, -0.2) is 66.0 Å². The second-order valence-electron chi connectivity index (χ2n) is 11.1. The van der Waals surface area contributed by atoms with Gasteiger partial charge in [0.05, 0.1) is 17.2 Å². The topological polar surface area (TPSA) is 65.6 Å². The first-order valence-electron chi connectivity index (χ1n) is 14.2. The van der Waals surface area contributed by atoms with Crippen LogP contribution < -0.4 is 0 Å². The molecule has 0 atom stereocenters. The predicted molar refractivity (Wildman–Crippen MR) is 162 cm³/mol. The Morgan fingerprint density at radius 2 is 1.77 bits per heavy atom. The third-order valence-electron chi connectivity index (χ3n) is 8.59. The zero-order chi connectivity index (χ0) is 28.1. The molecule has 2 fully saturated rings. The molecule has 0 bridgehead atoms. The van der Waals surface area contributed by atoms with Crippen molar-refractivity contribution in [2.75, 3.05) is 33.3 Å². The number of halogens is 2. The lowest BCUT2D eigenvalue weighted by atomic mass is 9.83. The maximum Gasteiger partial charge on any atom is 0.325 e. The third-order valence-corrected chi connectivity index (χ3v) is 9.33. The smallest absolute Gasteiger partial charge is 0.325 e. The minimum absolute atomic E-state index is 0.0221. The predicted octanol–water partition coefficient (Wildman–Crippen LogP) is 6.93. The summed E-state index contributed by atoms with van der Waals surface area (Å²) in [5.41, 5.74) is 3.46. The molecule has 0 unspecified atom stereocenters. The molecule has 2 aromatic carbocycles. The number of methoxy groups -OCH3 is 1. The number of benzene rings is 2. The number of para-hydroxylation sites is 1. The number of H-pyrrole nitrogens is 1. The van der Waals surface area contributed by atoms with Crippen molar-refractivity contribution in [3.8, 4) is 0 Å². The van der Waals surface area contributed by atoms with Gasteiger partial charge in [0.1, 0.15) is 6.54 Å². The summed E-state index contributed by atoms with van der Waals surface area (Å²) in [6.45, 7) is 3.31. The highest BCUT2D eigenvalue weighted by atomic mass is 35.5.